The van der Waals surface area contributed by atoms with Crippen molar-refractivity contribution in [1.82, 2.24) is 0 Å². The van der Waals surface area contributed by atoms with Crippen molar-refractivity contribution in [3.8, 4) is 0 Å². The predicted molar refractivity (Wildman–Crippen MR) is 177 cm³/mol. The molecule has 0 N–H and O–H groups in total. The molecule has 0 aromatic carbocycles. The molecule has 0 spiro atoms. The van der Waals surface area contributed by atoms with E-state index in [9.17, 15) is 12.8 Å². The van der Waals surface area contributed by atoms with E-state index in [0.29, 0.717) is 12.8 Å². The number of hydrogen-bond acceptors (Lipinski definition) is 3. The summed E-state index contributed by atoms with van der Waals surface area (Å²) in [6.45, 7) is 4.62. The molecule has 6 heteroatoms. The molecule has 1 atom stereocenters. The molecule has 0 aliphatic carbocycles. The fourth-order valence-electron chi connectivity index (χ4n) is 5.37. The van der Waals surface area contributed by atoms with E-state index in [1.165, 1.54) is 148 Å². The topological polar surface area (TPSA) is 43.4 Å². The Balaban J connectivity index is 0. The van der Waals surface area contributed by atoms with Crippen LogP contribution in [0.2, 0.25) is 0 Å². The third kappa shape index (κ3) is 31.8. The van der Waals surface area contributed by atoms with Gasteiger partial charge in [-0.3, -0.25) is 4.18 Å². The van der Waals surface area contributed by atoms with Crippen LogP contribution < -0.4 is 0 Å². The van der Waals surface area contributed by atoms with Crippen LogP contribution in [0.15, 0.2) is 0 Å². The van der Waals surface area contributed by atoms with E-state index in [1.807, 2.05) is 0 Å². The number of rotatable bonds is 33. The van der Waals surface area contributed by atoms with Gasteiger partial charge in [0.05, 0.1) is 6.61 Å². The summed E-state index contributed by atoms with van der Waals surface area (Å²) in [5.74, 6) is 0. The van der Waals surface area contributed by atoms with Crippen LogP contribution in [0.25, 0.3) is 0 Å². The van der Waals surface area contributed by atoms with Crippen LogP contribution in [0.1, 0.15) is 206 Å². The Bertz CT molecular complexity index is 574. The van der Waals surface area contributed by atoms with Crippen molar-refractivity contribution < 1.29 is 17.0 Å². The summed E-state index contributed by atoms with van der Waals surface area (Å²) in [6, 6.07) is 0. The molecular weight excluding hydrogens is 530 g/mol. The molecule has 0 saturated heterocycles. The number of unbranched alkanes of at least 4 members (excludes halogenated alkanes) is 27. The molecule has 0 saturated carbocycles. The van der Waals surface area contributed by atoms with E-state index < -0.39 is 15.6 Å². The van der Waals surface area contributed by atoms with Gasteiger partial charge in [-0.2, -0.15) is 8.42 Å². The van der Waals surface area contributed by atoms with Gasteiger partial charge in [0.2, 0.25) is 5.50 Å². The molecule has 0 aromatic rings. The van der Waals surface area contributed by atoms with Crippen molar-refractivity contribution in [1.29, 1.82) is 0 Å². The summed E-state index contributed by atoms with van der Waals surface area (Å²) in [5, 5.41) is 0. The normalized spacial score (nSPS) is 12.5. The van der Waals surface area contributed by atoms with Crippen LogP contribution >= 0.6 is 0 Å². The van der Waals surface area contributed by atoms with E-state index in [4.69, 9.17) is 4.18 Å². The van der Waals surface area contributed by atoms with Gasteiger partial charge >= 0.3 is 29.6 Å². The van der Waals surface area contributed by atoms with Gasteiger partial charge in [0.15, 0.2) is 0 Å². The van der Waals surface area contributed by atoms with Gasteiger partial charge in [-0.1, -0.05) is 187 Å². The number of halogens is 1. The van der Waals surface area contributed by atoms with Crippen LogP contribution in [0.5, 0.6) is 0 Å². The zero-order valence-corrected chi connectivity index (χ0v) is 27.3. The van der Waals surface area contributed by atoms with Gasteiger partial charge in [0, 0.05) is 0 Å². The van der Waals surface area contributed by atoms with Crippen LogP contribution in [-0.2, 0) is 14.3 Å². The fraction of sp³-hybridized carbons (Fsp3) is 1.00. The second kappa shape index (κ2) is 34.3. The average molecular weight is 601 g/mol. The second-order valence-corrected chi connectivity index (χ2v) is 13.8. The molecule has 3 nitrogen and oxygen atoms in total. The molecule has 40 heavy (non-hydrogen) atoms. The summed E-state index contributed by atoms with van der Waals surface area (Å²) in [4.78, 5) is 0. The molecule has 0 rings (SSSR count). The summed E-state index contributed by atoms with van der Waals surface area (Å²) < 4.78 is 43.1. The van der Waals surface area contributed by atoms with Crippen LogP contribution in [0.3, 0.4) is 0 Å². The van der Waals surface area contributed by atoms with Gasteiger partial charge < -0.3 is 0 Å². The first-order valence-corrected chi connectivity index (χ1v) is 19.0. The molecule has 0 aliphatic heterocycles. The third-order valence-electron chi connectivity index (χ3n) is 8.09. The van der Waals surface area contributed by atoms with Gasteiger partial charge in [-0.15, -0.1) is 0 Å². The number of hydrogen-bond donors (Lipinski definition) is 0. The van der Waals surface area contributed by atoms with Crippen molar-refractivity contribution in [2.75, 3.05) is 6.61 Å². The Morgan fingerprint density at radius 3 is 1.00 bits per heavy atom. The van der Waals surface area contributed by atoms with E-state index in [-0.39, 0.29) is 42.6 Å². The summed E-state index contributed by atoms with van der Waals surface area (Å²) in [7, 11) is -4.06. The molecule has 0 amide bonds. The van der Waals surface area contributed by atoms with Gasteiger partial charge in [-0.05, 0) is 19.3 Å². The first-order valence-electron chi connectivity index (χ1n) is 17.6. The SMILES string of the molecule is CCCCCCCCCCCCCCCCCCCCCCOS(=O)(=O)C(F)CCCCCCCCCCC.[NaH]. The maximum atomic E-state index is 14.1. The maximum absolute atomic E-state index is 14.1. The predicted octanol–water partition coefficient (Wildman–Crippen LogP) is 11.7. The standard InChI is InChI=1S/C34H69FO3S.Na.H/c1-3-5-7-9-11-13-14-15-16-17-18-19-20-21-22-23-25-27-29-31-33-38-39(36,37)34(35)32-30-28-26-24-12-10-8-6-4-2;;/h34H,3-33H2,1-2H3;;. The summed E-state index contributed by atoms with van der Waals surface area (Å²) in [5.41, 5.74) is -1.87. The van der Waals surface area contributed by atoms with Crippen molar-refractivity contribution in [3.63, 3.8) is 0 Å². The van der Waals surface area contributed by atoms with Crippen LogP contribution in [0, 0.1) is 0 Å². The summed E-state index contributed by atoms with van der Waals surface area (Å²) >= 11 is 0. The van der Waals surface area contributed by atoms with Gasteiger partial charge in [0.1, 0.15) is 0 Å². The second-order valence-electron chi connectivity index (χ2n) is 12.1. The zero-order chi connectivity index (χ0) is 28.7. The molecule has 0 radical (unpaired) electrons. The minimum atomic E-state index is -4.06. The Labute approximate surface area is 273 Å². The Morgan fingerprint density at radius 2 is 0.700 bits per heavy atom. The first kappa shape index (κ1) is 43.0. The average Bonchev–Trinajstić information content (AvgIpc) is 2.92. The molecule has 0 aromatic heterocycles. The minimum absolute atomic E-state index is 0. The number of alkyl halides is 1. The monoisotopic (exact) mass is 600 g/mol. The van der Waals surface area contributed by atoms with Gasteiger partial charge in [-0.25, -0.2) is 4.39 Å². The summed E-state index contributed by atoms with van der Waals surface area (Å²) in [6.07, 6.45) is 36.5. The first-order chi connectivity index (χ1) is 19.0. The quantitative estimate of drug-likeness (QED) is 0.0427. The molecule has 0 aliphatic rings. The van der Waals surface area contributed by atoms with E-state index in [2.05, 4.69) is 13.8 Å². The molecule has 0 heterocycles. The molecular formula is C34H70FNaO3S. The van der Waals surface area contributed by atoms with Crippen molar-refractivity contribution in [2.24, 2.45) is 0 Å². The van der Waals surface area contributed by atoms with E-state index >= 15 is 0 Å². The van der Waals surface area contributed by atoms with E-state index in [1.54, 1.807) is 0 Å². The fourth-order valence-corrected chi connectivity index (χ4v) is 6.32. The zero-order valence-electron chi connectivity index (χ0n) is 26.5. The van der Waals surface area contributed by atoms with Crippen molar-refractivity contribution in [3.05, 3.63) is 0 Å². The van der Waals surface area contributed by atoms with Crippen molar-refractivity contribution >= 4 is 39.7 Å². The van der Waals surface area contributed by atoms with Crippen LogP contribution in [0.4, 0.5) is 4.39 Å². The van der Waals surface area contributed by atoms with Crippen LogP contribution in [-0.4, -0.2) is 50.1 Å². The molecule has 0 fully saturated rings. The Kier molecular flexibility index (Phi) is 36.9. The van der Waals surface area contributed by atoms with Crippen molar-refractivity contribution in [2.45, 2.75) is 212 Å². The molecule has 1 unspecified atom stereocenters. The Hall–Kier alpha value is 0.840. The molecule has 0 bridgehead atoms. The van der Waals surface area contributed by atoms with E-state index in [0.717, 1.165) is 25.7 Å². The van der Waals surface area contributed by atoms with Gasteiger partial charge in [0.25, 0.3) is 10.1 Å². The molecule has 238 valence electrons. The third-order valence-corrected chi connectivity index (χ3v) is 9.45. The Morgan fingerprint density at radius 1 is 0.450 bits per heavy atom.